The molecule has 6 heteroatoms. The summed E-state index contributed by atoms with van der Waals surface area (Å²) in [6.45, 7) is 7.31. The zero-order valence-electron chi connectivity index (χ0n) is 16.3. The molecule has 6 nitrogen and oxygen atoms in total. The van der Waals surface area contributed by atoms with E-state index in [1.165, 1.54) is 0 Å². The van der Waals surface area contributed by atoms with Gasteiger partial charge in [0.1, 0.15) is 0 Å². The first-order valence-electron chi connectivity index (χ1n) is 9.65. The lowest BCUT2D eigenvalue weighted by molar-refractivity contribution is -0.149. The zero-order chi connectivity index (χ0) is 19.4. The molecule has 144 valence electrons. The van der Waals surface area contributed by atoms with E-state index >= 15 is 0 Å². The number of hydrogen-bond donors (Lipinski definition) is 0. The van der Waals surface area contributed by atoms with Crippen LogP contribution in [0.3, 0.4) is 0 Å². The third-order valence-corrected chi connectivity index (χ3v) is 5.11. The molecule has 1 saturated heterocycles. The zero-order valence-corrected chi connectivity index (χ0v) is 16.3. The van der Waals surface area contributed by atoms with Gasteiger partial charge >= 0.3 is 5.97 Å². The molecule has 0 bridgehead atoms. The smallest absolute Gasteiger partial charge is 0.310 e. The first-order chi connectivity index (χ1) is 13.1. The summed E-state index contributed by atoms with van der Waals surface area (Å²) < 4.78 is 7.00. The first kappa shape index (κ1) is 19.1. The largest absolute Gasteiger partial charge is 0.466 e. The summed E-state index contributed by atoms with van der Waals surface area (Å²) in [7, 11) is 0. The number of carbonyl (C=O) groups excluding carboxylic acids is 2. The van der Waals surface area contributed by atoms with Crippen LogP contribution in [0.2, 0.25) is 0 Å². The van der Waals surface area contributed by atoms with Gasteiger partial charge < -0.3 is 9.64 Å². The monoisotopic (exact) mass is 369 g/mol. The van der Waals surface area contributed by atoms with E-state index in [9.17, 15) is 9.59 Å². The number of benzene rings is 1. The molecule has 1 aliphatic heterocycles. The number of carbonyl (C=O) groups is 2. The van der Waals surface area contributed by atoms with Gasteiger partial charge in [-0.15, -0.1) is 0 Å². The van der Waals surface area contributed by atoms with E-state index < -0.39 is 0 Å². The summed E-state index contributed by atoms with van der Waals surface area (Å²) in [5.74, 6) is -0.499. The Bertz CT molecular complexity index is 828. The van der Waals surface area contributed by atoms with Crippen LogP contribution in [0.1, 0.15) is 48.3 Å². The highest BCUT2D eigenvalue weighted by Gasteiger charge is 2.31. The normalized spacial score (nSPS) is 17.0. The Hall–Kier alpha value is -2.63. The van der Waals surface area contributed by atoms with Crippen LogP contribution in [-0.4, -0.2) is 46.3 Å². The summed E-state index contributed by atoms with van der Waals surface area (Å²) in [5, 5.41) is 4.50. The fraction of sp³-hybridized carbons (Fsp3) is 0.476. The average Bonchev–Trinajstić information content (AvgIpc) is 3.11. The molecule has 1 atom stereocenters. The second-order valence-corrected chi connectivity index (χ2v) is 6.90. The fourth-order valence-electron chi connectivity index (χ4n) is 3.69. The van der Waals surface area contributed by atoms with Crippen molar-refractivity contribution >= 4 is 11.9 Å². The molecule has 3 rings (SSSR count). The van der Waals surface area contributed by atoms with Gasteiger partial charge in [0.2, 0.25) is 0 Å². The molecule has 27 heavy (non-hydrogen) atoms. The molecule has 2 aromatic rings. The fourth-order valence-corrected chi connectivity index (χ4v) is 3.69. The predicted molar refractivity (Wildman–Crippen MR) is 103 cm³/mol. The molecule has 2 heterocycles. The lowest BCUT2D eigenvalue weighted by Gasteiger charge is -2.31. The SMILES string of the molecule is CCOC(=O)[C@H]1CCCN(C(=O)c2cnn(-c3ccccc3C)c2CC)C1. The number of amides is 1. The van der Waals surface area contributed by atoms with Crippen LogP contribution in [0.4, 0.5) is 0 Å². The molecule has 0 aliphatic carbocycles. The number of aryl methyl sites for hydroxylation is 1. The maximum absolute atomic E-state index is 13.2. The number of esters is 1. The molecule has 1 fully saturated rings. The van der Waals surface area contributed by atoms with Gasteiger partial charge in [-0.2, -0.15) is 5.10 Å². The number of ether oxygens (including phenoxy) is 1. The van der Waals surface area contributed by atoms with Gasteiger partial charge in [0, 0.05) is 13.1 Å². The molecule has 0 spiro atoms. The van der Waals surface area contributed by atoms with Crippen molar-refractivity contribution in [2.24, 2.45) is 5.92 Å². The number of piperidine rings is 1. The van der Waals surface area contributed by atoms with E-state index in [4.69, 9.17) is 4.74 Å². The standard InChI is InChI=1S/C21H27N3O3/c1-4-18-17(13-22-24(18)19-11-7-6-9-15(19)3)20(25)23-12-8-10-16(14-23)21(26)27-5-2/h6-7,9,11,13,16H,4-5,8,10,12,14H2,1-3H3/t16-/m0/s1. The molecule has 1 aromatic heterocycles. The van der Waals surface area contributed by atoms with E-state index in [-0.39, 0.29) is 17.8 Å². The van der Waals surface area contributed by atoms with Crippen LogP contribution in [-0.2, 0) is 16.0 Å². The number of likely N-dealkylation sites (tertiary alicyclic amines) is 1. The van der Waals surface area contributed by atoms with E-state index in [0.717, 1.165) is 29.8 Å². The van der Waals surface area contributed by atoms with E-state index in [2.05, 4.69) is 5.10 Å². The van der Waals surface area contributed by atoms with Crippen molar-refractivity contribution in [1.82, 2.24) is 14.7 Å². The molecular weight excluding hydrogens is 342 g/mol. The lowest BCUT2D eigenvalue weighted by atomic mass is 9.97. The Balaban J connectivity index is 1.85. The van der Waals surface area contributed by atoms with E-state index in [1.54, 1.807) is 18.0 Å². The van der Waals surface area contributed by atoms with Gasteiger partial charge in [-0.1, -0.05) is 25.1 Å². The summed E-state index contributed by atoms with van der Waals surface area (Å²) in [4.78, 5) is 27.0. The highest BCUT2D eigenvalue weighted by molar-refractivity contribution is 5.95. The van der Waals surface area contributed by atoms with Crippen molar-refractivity contribution in [2.75, 3.05) is 19.7 Å². The lowest BCUT2D eigenvalue weighted by Crippen LogP contribution is -2.43. The van der Waals surface area contributed by atoms with E-state index in [0.29, 0.717) is 31.7 Å². The second kappa shape index (κ2) is 8.37. The highest BCUT2D eigenvalue weighted by atomic mass is 16.5. The molecule has 0 radical (unpaired) electrons. The van der Waals surface area contributed by atoms with Crippen LogP contribution < -0.4 is 0 Å². The van der Waals surface area contributed by atoms with Crippen LogP contribution in [0.25, 0.3) is 5.69 Å². The van der Waals surface area contributed by atoms with Gasteiger partial charge in [-0.3, -0.25) is 9.59 Å². The molecule has 1 aliphatic rings. The molecule has 0 unspecified atom stereocenters. The van der Waals surface area contributed by atoms with Crippen molar-refractivity contribution < 1.29 is 14.3 Å². The summed E-state index contributed by atoms with van der Waals surface area (Å²) in [6, 6.07) is 8.00. The maximum Gasteiger partial charge on any atom is 0.310 e. The molecule has 1 aromatic carbocycles. The third kappa shape index (κ3) is 3.89. The average molecular weight is 369 g/mol. The molecule has 1 amide bonds. The van der Waals surface area contributed by atoms with E-state index in [1.807, 2.05) is 42.8 Å². The number of hydrogen-bond acceptors (Lipinski definition) is 4. The quantitative estimate of drug-likeness (QED) is 0.760. The summed E-state index contributed by atoms with van der Waals surface area (Å²) in [5.41, 5.74) is 3.60. The Kier molecular flexibility index (Phi) is 5.94. The second-order valence-electron chi connectivity index (χ2n) is 6.90. The minimum atomic E-state index is -0.237. The van der Waals surface area contributed by atoms with Gasteiger partial charge in [-0.25, -0.2) is 4.68 Å². The van der Waals surface area contributed by atoms with Gasteiger partial charge in [0.15, 0.2) is 0 Å². The van der Waals surface area contributed by atoms with Crippen molar-refractivity contribution in [1.29, 1.82) is 0 Å². The van der Waals surface area contributed by atoms with Gasteiger partial charge in [-0.05, 0) is 44.7 Å². The topological polar surface area (TPSA) is 64.4 Å². The van der Waals surface area contributed by atoms with Crippen LogP contribution in [0.15, 0.2) is 30.5 Å². The predicted octanol–water partition coefficient (Wildman–Crippen LogP) is 3.16. The molecular formula is C21H27N3O3. The highest BCUT2D eigenvalue weighted by Crippen LogP contribution is 2.23. The first-order valence-corrected chi connectivity index (χ1v) is 9.65. The molecule has 0 N–H and O–H groups in total. The number of nitrogens with zero attached hydrogens (tertiary/aromatic N) is 3. The van der Waals surface area contributed by atoms with Crippen molar-refractivity contribution in [2.45, 2.75) is 40.0 Å². The minimum Gasteiger partial charge on any atom is -0.466 e. The van der Waals surface area contributed by atoms with Gasteiger partial charge in [0.05, 0.1) is 35.7 Å². The Morgan fingerprint density at radius 2 is 2.04 bits per heavy atom. The van der Waals surface area contributed by atoms with Crippen LogP contribution >= 0.6 is 0 Å². The number of rotatable bonds is 5. The number of para-hydroxylation sites is 1. The molecule has 0 saturated carbocycles. The Morgan fingerprint density at radius 1 is 1.26 bits per heavy atom. The number of aromatic nitrogens is 2. The van der Waals surface area contributed by atoms with Crippen LogP contribution in [0.5, 0.6) is 0 Å². The van der Waals surface area contributed by atoms with Crippen molar-refractivity contribution in [3.05, 3.63) is 47.3 Å². The Labute approximate surface area is 160 Å². The van der Waals surface area contributed by atoms with Gasteiger partial charge in [0.25, 0.3) is 5.91 Å². The van der Waals surface area contributed by atoms with Crippen molar-refractivity contribution in [3.8, 4) is 5.69 Å². The Morgan fingerprint density at radius 3 is 2.74 bits per heavy atom. The minimum absolute atomic E-state index is 0.0549. The van der Waals surface area contributed by atoms with Crippen LogP contribution in [0, 0.1) is 12.8 Å². The van der Waals surface area contributed by atoms with Crippen molar-refractivity contribution in [3.63, 3.8) is 0 Å². The summed E-state index contributed by atoms with van der Waals surface area (Å²) >= 11 is 0. The maximum atomic E-state index is 13.2. The third-order valence-electron chi connectivity index (χ3n) is 5.11. The summed E-state index contributed by atoms with van der Waals surface area (Å²) in [6.07, 6.45) is 3.93.